The second-order valence-corrected chi connectivity index (χ2v) is 3.55. The Morgan fingerprint density at radius 3 is 2.56 bits per heavy atom. The number of hydrogen-bond acceptors (Lipinski definition) is 3. The van der Waals surface area contributed by atoms with E-state index < -0.39 is 12.9 Å². The third-order valence-electron chi connectivity index (χ3n) is 2.26. The minimum atomic E-state index is -1.67. The Hall–Kier alpha value is -1.66. The van der Waals surface area contributed by atoms with Crippen molar-refractivity contribution in [2.24, 2.45) is 7.05 Å². The van der Waals surface area contributed by atoms with Crippen LogP contribution in [0.15, 0.2) is 30.6 Å². The molecule has 0 atom stereocenters. The van der Waals surface area contributed by atoms with E-state index in [0.29, 0.717) is 5.56 Å². The lowest BCUT2D eigenvalue weighted by molar-refractivity contribution is 0.425. The number of hydrogen-bond donors (Lipinski definition) is 2. The number of aromatic nitrogens is 2. The van der Waals surface area contributed by atoms with Crippen molar-refractivity contribution in [2.75, 3.05) is 0 Å². The lowest BCUT2D eigenvalue weighted by Crippen LogP contribution is -2.30. The summed E-state index contributed by atoms with van der Waals surface area (Å²) in [7, 11) is 0.0797. The maximum atomic E-state index is 13.2. The Bertz CT molecular complexity index is 513. The van der Waals surface area contributed by atoms with Crippen LogP contribution in [-0.2, 0) is 7.05 Å². The van der Waals surface area contributed by atoms with Gasteiger partial charge >= 0.3 is 7.12 Å². The monoisotopic (exact) mass is 220 g/mol. The molecule has 1 aromatic heterocycles. The molecule has 0 aliphatic heterocycles. The van der Waals surface area contributed by atoms with E-state index in [9.17, 15) is 4.39 Å². The molecular weight excluding hydrogens is 210 g/mol. The molecule has 0 bridgehead atoms. The summed E-state index contributed by atoms with van der Waals surface area (Å²) in [6, 6.07) is 3.93. The smallest absolute Gasteiger partial charge is 0.423 e. The van der Waals surface area contributed by atoms with Gasteiger partial charge in [-0.05, 0) is 23.2 Å². The molecule has 16 heavy (non-hydrogen) atoms. The Kier molecular flexibility index (Phi) is 2.76. The summed E-state index contributed by atoms with van der Waals surface area (Å²) in [5.41, 5.74) is 1.42. The zero-order chi connectivity index (χ0) is 11.7. The van der Waals surface area contributed by atoms with E-state index in [1.165, 1.54) is 12.1 Å². The fourth-order valence-corrected chi connectivity index (χ4v) is 1.50. The summed E-state index contributed by atoms with van der Waals surface area (Å²) in [5.74, 6) is -0.510. The van der Waals surface area contributed by atoms with Gasteiger partial charge in [-0.1, -0.05) is 6.07 Å². The SMILES string of the molecule is Cn1cc(-c2cc(F)cc(B(O)O)c2)cn1. The molecule has 0 aliphatic rings. The molecule has 1 aromatic carbocycles. The van der Waals surface area contributed by atoms with Crippen LogP contribution in [0.5, 0.6) is 0 Å². The predicted octanol–water partition coefficient (Wildman–Crippen LogP) is -0.0940. The fourth-order valence-electron chi connectivity index (χ4n) is 1.50. The van der Waals surface area contributed by atoms with Crippen molar-refractivity contribution >= 4 is 12.6 Å². The van der Waals surface area contributed by atoms with Crippen LogP contribution in [0, 0.1) is 5.82 Å². The van der Waals surface area contributed by atoms with E-state index in [-0.39, 0.29) is 5.46 Å². The Morgan fingerprint density at radius 1 is 1.25 bits per heavy atom. The number of rotatable bonds is 2. The van der Waals surface area contributed by atoms with E-state index in [1.54, 1.807) is 24.1 Å². The molecule has 0 aliphatic carbocycles. The van der Waals surface area contributed by atoms with Gasteiger partial charge in [-0.2, -0.15) is 5.10 Å². The van der Waals surface area contributed by atoms with E-state index >= 15 is 0 Å². The van der Waals surface area contributed by atoms with Gasteiger partial charge in [0.1, 0.15) is 5.82 Å². The summed E-state index contributed by atoms with van der Waals surface area (Å²) in [4.78, 5) is 0. The van der Waals surface area contributed by atoms with Gasteiger partial charge in [0.25, 0.3) is 0 Å². The molecule has 2 aromatic rings. The van der Waals surface area contributed by atoms with Gasteiger partial charge in [-0.15, -0.1) is 0 Å². The van der Waals surface area contributed by atoms with Gasteiger partial charge < -0.3 is 10.0 Å². The highest BCUT2D eigenvalue weighted by atomic mass is 19.1. The van der Waals surface area contributed by atoms with Crippen LogP contribution in [-0.4, -0.2) is 26.9 Å². The van der Waals surface area contributed by atoms with Crippen LogP contribution < -0.4 is 5.46 Å². The highest BCUT2D eigenvalue weighted by molar-refractivity contribution is 6.58. The summed E-state index contributed by atoms with van der Waals surface area (Å²) in [6.07, 6.45) is 3.31. The normalized spacial score (nSPS) is 10.5. The van der Waals surface area contributed by atoms with Crippen LogP contribution in [0.3, 0.4) is 0 Å². The quantitative estimate of drug-likeness (QED) is 0.695. The second-order valence-electron chi connectivity index (χ2n) is 3.55. The van der Waals surface area contributed by atoms with Gasteiger partial charge in [0.15, 0.2) is 0 Å². The van der Waals surface area contributed by atoms with Gasteiger partial charge in [-0.3, -0.25) is 4.68 Å². The number of benzene rings is 1. The zero-order valence-electron chi connectivity index (χ0n) is 8.63. The van der Waals surface area contributed by atoms with Crippen molar-refractivity contribution in [3.05, 3.63) is 36.4 Å². The van der Waals surface area contributed by atoms with Crippen molar-refractivity contribution in [2.45, 2.75) is 0 Å². The van der Waals surface area contributed by atoms with Crippen molar-refractivity contribution in [3.8, 4) is 11.1 Å². The van der Waals surface area contributed by atoms with E-state index in [1.807, 2.05) is 0 Å². The lowest BCUT2D eigenvalue weighted by atomic mass is 9.79. The largest absolute Gasteiger partial charge is 0.488 e. The van der Waals surface area contributed by atoms with Gasteiger partial charge in [0, 0.05) is 18.8 Å². The Labute approximate surface area is 92.1 Å². The molecule has 0 saturated heterocycles. The van der Waals surface area contributed by atoms with Crippen LogP contribution in [0.25, 0.3) is 11.1 Å². The number of nitrogens with zero attached hydrogens (tertiary/aromatic N) is 2. The summed E-state index contributed by atoms with van der Waals surface area (Å²) < 4.78 is 14.8. The number of halogens is 1. The summed E-state index contributed by atoms with van der Waals surface area (Å²) in [5, 5.41) is 22.0. The van der Waals surface area contributed by atoms with Gasteiger partial charge in [0.2, 0.25) is 0 Å². The van der Waals surface area contributed by atoms with Crippen molar-refractivity contribution in [1.82, 2.24) is 9.78 Å². The molecule has 0 fully saturated rings. The minimum absolute atomic E-state index is 0.124. The first-order chi connectivity index (χ1) is 7.56. The fraction of sp³-hybridized carbons (Fsp3) is 0.100. The molecule has 0 spiro atoms. The van der Waals surface area contributed by atoms with E-state index in [2.05, 4.69) is 5.10 Å². The molecule has 4 nitrogen and oxygen atoms in total. The molecule has 2 rings (SSSR count). The Balaban J connectivity index is 2.49. The highest BCUT2D eigenvalue weighted by Crippen LogP contribution is 2.18. The van der Waals surface area contributed by atoms with Crippen molar-refractivity contribution < 1.29 is 14.4 Å². The molecule has 0 unspecified atom stereocenters. The van der Waals surface area contributed by atoms with Crippen LogP contribution in [0.2, 0.25) is 0 Å². The molecule has 1 heterocycles. The summed E-state index contributed by atoms with van der Waals surface area (Å²) >= 11 is 0. The molecule has 82 valence electrons. The first-order valence-corrected chi connectivity index (χ1v) is 4.72. The Morgan fingerprint density at radius 2 is 2.00 bits per heavy atom. The highest BCUT2D eigenvalue weighted by Gasteiger charge is 2.14. The molecule has 0 amide bonds. The van der Waals surface area contributed by atoms with Crippen LogP contribution >= 0.6 is 0 Å². The van der Waals surface area contributed by atoms with Gasteiger partial charge in [-0.25, -0.2) is 4.39 Å². The third-order valence-corrected chi connectivity index (χ3v) is 2.26. The maximum Gasteiger partial charge on any atom is 0.488 e. The van der Waals surface area contributed by atoms with Crippen LogP contribution in [0.4, 0.5) is 4.39 Å². The molecule has 6 heteroatoms. The van der Waals surface area contributed by atoms with E-state index in [4.69, 9.17) is 10.0 Å². The molecular formula is C10H10BFN2O2. The topological polar surface area (TPSA) is 58.3 Å². The van der Waals surface area contributed by atoms with Crippen LogP contribution in [0.1, 0.15) is 0 Å². The second kappa shape index (κ2) is 4.07. The first kappa shape index (κ1) is 10.8. The van der Waals surface area contributed by atoms with Gasteiger partial charge in [0.05, 0.1) is 6.20 Å². The lowest BCUT2D eigenvalue weighted by Gasteiger charge is -2.03. The minimum Gasteiger partial charge on any atom is -0.423 e. The molecule has 2 N–H and O–H groups in total. The predicted molar refractivity (Wildman–Crippen MR) is 58.4 cm³/mol. The van der Waals surface area contributed by atoms with E-state index in [0.717, 1.165) is 11.6 Å². The average molecular weight is 220 g/mol. The molecule has 0 saturated carbocycles. The van der Waals surface area contributed by atoms with Crippen molar-refractivity contribution in [1.29, 1.82) is 0 Å². The third kappa shape index (κ3) is 2.12. The molecule has 0 radical (unpaired) electrons. The zero-order valence-corrected chi connectivity index (χ0v) is 8.63. The standard InChI is InChI=1S/C10H10BFN2O2/c1-14-6-8(5-13-14)7-2-9(11(15)16)4-10(12)3-7/h2-6,15-16H,1H3. The van der Waals surface area contributed by atoms with Crippen molar-refractivity contribution in [3.63, 3.8) is 0 Å². The first-order valence-electron chi connectivity index (χ1n) is 4.72. The maximum absolute atomic E-state index is 13.2. The average Bonchev–Trinajstić information content (AvgIpc) is 2.64. The number of aryl methyl sites for hydroxylation is 1. The summed E-state index contributed by atoms with van der Waals surface area (Å²) in [6.45, 7) is 0.